The predicted molar refractivity (Wildman–Crippen MR) is 63.4 cm³/mol. The van der Waals surface area contributed by atoms with Crippen molar-refractivity contribution in [2.45, 2.75) is 25.6 Å². The van der Waals surface area contributed by atoms with Crippen LogP contribution in [0.25, 0.3) is 0 Å². The molecule has 0 aromatic carbocycles. The first-order chi connectivity index (χ1) is 7.79. The zero-order valence-corrected chi connectivity index (χ0v) is 10.4. The molecule has 1 atom stereocenters. The van der Waals surface area contributed by atoms with Crippen LogP contribution in [-0.2, 0) is 23.1 Å². The summed E-state index contributed by atoms with van der Waals surface area (Å²) in [5.74, 6) is 2.76. The normalized spacial score (nSPS) is 18.3. The molecule has 0 aliphatic carbocycles. The lowest BCUT2D eigenvalue weighted by atomic mass is 10.1. The molecule has 0 radical (unpaired) electrons. The fourth-order valence-electron chi connectivity index (χ4n) is 1.73. The van der Waals surface area contributed by atoms with Crippen LogP contribution in [0, 0.1) is 5.92 Å². The van der Waals surface area contributed by atoms with E-state index in [1.54, 1.807) is 6.33 Å². The lowest BCUT2D eigenvalue weighted by Gasteiger charge is -2.26. The van der Waals surface area contributed by atoms with Gasteiger partial charge < -0.3 is 5.32 Å². The van der Waals surface area contributed by atoms with Gasteiger partial charge in [-0.2, -0.15) is 5.10 Å². The van der Waals surface area contributed by atoms with Gasteiger partial charge in [-0.25, -0.2) is 9.67 Å². The van der Waals surface area contributed by atoms with Crippen molar-refractivity contribution >= 4 is 10.8 Å². The van der Waals surface area contributed by atoms with Gasteiger partial charge in [0.2, 0.25) is 0 Å². The average Bonchev–Trinajstić information content (AvgIpc) is 2.60. The largest absolute Gasteiger partial charge is 0.316 e. The lowest BCUT2D eigenvalue weighted by Crippen LogP contribution is -2.44. The van der Waals surface area contributed by atoms with Gasteiger partial charge in [-0.05, 0) is 12.3 Å². The molecule has 2 rings (SSSR count). The van der Waals surface area contributed by atoms with E-state index in [1.165, 1.54) is 0 Å². The second-order valence-corrected chi connectivity index (χ2v) is 5.68. The molecule has 1 aromatic rings. The molecular formula is C10H18N4OS. The standard InChI is InChI=1S/C10H18N4OS/c1-2-3-14-10(12-8-13-14)7-16(15)6-9-4-11-5-9/h8-9,11H,2-7H2,1H3. The molecule has 1 fully saturated rings. The summed E-state index contributed by atoms with van der Waals surface area (Å²) in [4.78, 5) is 4.17. The van der Waals surface area contributed by atoms with Crippen molar-refractivity contribution in [3.63, 3.8) is 0 Å². The highest BCUT2D eigenvalue weighted by atomic mass is 32.2. The number of rotatable bonds is 6. The topological polar surface area (TPSA) is 59.8 Å². The van der Waals surface area contributed by atoms with Crippen LogP contribution in [0.3, 0.4) is 0 Å². The van der Waals surface area contributed by atoms with Gasteiger partial charge in [0, 0.05) is 36.2 Å². The fraction of sp³-hybridized carbons (Fsp3) is 0.800. The molecule has 1 aliphatic rings. The second kappa shape index (κ2) is 5.54. The minimum atomic E-state index is -0.805. The van der Waals surface area contributed by atoms with Gasteiger partial charge in [0.15, 0.2) is 0 Å². The van der Waals surface area contributed by atoms with Crippen LogP contribution in [0.15, 0.2) is 6.33 Å². The van der Waals surface area contributed by atoms with Gasteiger partial charge in [0.25, 0.3) is 0 Å². The van der Waals surface area contributed by atoms with E-state index in [4.69, 9.17) is 0 Å². The molecule has 1 aliphatic heterocycles. The quantitative estimate of drug-likeness (QED) is 0.772. The molecule has 0 saturated carbocycles. The lowest BCUT2D eigenvalue weighted by molar-refractivity contribution is 0.382. The first-order valence-corrected chi connectivity index (χ1v) is 7.20. The Kier molecular flexibility index (Phi) is 4.06. The van der Waals surface area contributed by atoms with Crippen LogP contribution < -0.4 is 5.32 Å². The van der Waals surface area contributed by atoms with Gasteiger partial charge >= 0.3 is 0 Å². The van der Waals surface area contributed by atoms with Gasteiger partial charge in [-0.3, -0.25) is 4.21 Å². The molecule has 1 N–H and O–H groups in total. The van der Waals surface area contributed by atoms with E-state index in [-0.39, 0.29) is 0 Å². The van der Waals surface area contributed by atoms with Crippen molar-refractivity contribution in [3.8, 4) is 0 Å². The summed E-state index contributed by atoms with van der Waals surface area (Å²) in [7, 11) is -0.805. The Balaban J connectivity index is 1.86. The van der Waals surface area contributed by atoms with E-state index >= 15 is 0 Å². The van der Waals surface area contributed by atoms with E-state index in [0.717, 1.165) is 37.6 Å². The molecule has 0 spiro atoms. The molecule has 1 saturated heterocycles. The monoisotopic (exact) mass is 242 g/mol. The minimum absolute atomic E-state index is 0.538. The first-order valence-electron chi connectivity index (χ1n) is 5.72. The van der Waals surface area contributed by atoms with E-state index in [0.29, 0.717) is 11.7 Å². The molecule has 0 bridgehead atoms. The Morgan fingerprint density at radius 3 is 3.06 bits per heavy atom. The Morgan fingerprint density at radius 2 is 2.44 bits per heavy atom. The maximum atomic E-state index is 11.9. The average molecular weight is 242 g/mol. The van der Waals surface area contributed by atoms with Crippen molar-refractivity contribution in [1.29, 1.82) is 0 Å². The van der Waals surface area contributed by atoms with Crippen LogP contribution in [0.4, 0.5) is 0 Å². The summed E-state index contributed by atoms with van der Waals surface area (Å²) in [6.45, 7) is 4.97. The number of aromatic nitrogens is 3. The molecule has 5 nitrogen and oxygen atoms in total. The van der Waals surface area contributed by atoms with E-state index in [2.05, 4.69) is 22.3 Å². The molecule has 1 aromatic heterocycles. The molecule has 6 heteroatoms. The number of aryl methyl sites for hydroxylation is 1. The highest BCUT2D eigenvalue weighted by Gasteiger charge is 2.20. The third-order valence-corrected chi connectivity index (χ3v) is 4.13. The molecule has 2 heterocycles. The van der Waals surface area contributed by atoms with Crippen LogP contribution in [0.1, 0.15) is 19.2 Å². The number of hydrogen-bond donors (Lipinski definition) is 1. The summed E-state index contributed by atoms with van der Waals surface area (Å²) >= 11 is 0. The Labute approximate surface area is 98.1 Å². The third kappa shape index (κ3) is 2.89. The van der Waals surface area contributed by atoms with Gasteiger partial charge in [0.05, 0.1) is 5.75 Å². The van der Waals surface area contributed by atoms with Crippen LogP contribution in [-0.4, -0.2) is 37.8 Å². The first kappa shape index (κ1) is 11.7. The molecule has 16 heavy (non-hydrogen) atoms. The summed E-state index contributed by atoms with van der Waals surface area (Å²) in [6, 6.07) is 0. The highest BCUT2D eigenvalue weighted by Crippen LogP contribution is 2.08. The molecule has 1 unspecified atom stereocenters. The van der Waals surface area contributed by atoms with Crippen LogP contribution in [0.5, 0.6) is 0 Å². The zero-order chi connectivity index (χ0) is 11.4. The summed E-state index contributed by atoms with van der Waals surface area (Å²) < 4.78 is 13.7. The van der Waals surface area contributed by atoms with Crippen LogP contribution >= 0.6 is 0 Å². The van der Waals surface area contributed by atoms with E-state index in [1.807, 2.05) is 4.68 Å². The van der Waals surface area contributed by atoms with Crippen LogP contribution in [0.2, 0.25) is 0 Å². The van der Waals surface area contributed by atoms with Gasteiger partial charge in [-0.1, -0.05) is 6.92 Å². The van der Waals surface area contributed by atoms with E-state index in [9.17, 15) is 4.21 Å². The predicted octanol–water partition coefficient (Wildman–Crippen LogP) is 0.156. The minimum Gasteiger partial charge on any atom is -0.316 e. The zero-order valence-electron chi connectivity index (χ0n) is 9.56. The van der Waals surface area contributed by atoms with Crippen molar-refractivity contribution in [2.24, 2.45) is 5.92 Å². The Bertz CT molecular complexity index is 361. The second-order valence-electron chi connectivity index (χ2n) is 4.17. The third-order valence-electron chi connectivity index (χ3n) is 2.71. The summed E-state index contributed by atoms with van der Waals surface area (Å²) in [5.41, 5.74) is 0. The number of nitrogens with zero attached hydrogens (tertiary/aromatic N) is 3. The maximum Gasteiger partial charge on any atom is 0.139 e. The number of nitrogens with one attached hydrogen (secondary N) is 1. The molecule has 0 amide bonds. The van der Waals surface area contributed by atoms with Crippen molar-refractivity contribution in [2.75, 3.05) is 18.8 Å². The van der Waals surface area contributed by atoms with Gasteiger partial charge in [-0.15, -0.1) is 0 Å². The van der Waals surface area contributed by atoms with Gasteiger partial charge in [0.1, 0.15) is 12.2 Å². The maximum absolute atomic E-state index is 11.9. The van der Waals surface area contributed by atoms with E-state index < -0.39 is 10.8 Å². The summed E-state index contributed by atoms with van der Waals surface area (Å²) in [5, 5.41) is 7.32. The Morgan fingerprint density at radius 1 is 1.62 bits per heavy atom. The fourth-order valence-corrected chi connectivity index (χ4v) is 3.12. The number of hydrogen-bond acceptors (Lipinski definition) is 4. The molecular weight excluding hydrogens is 224 g/mol. The Hall–Kier alpha value is -0.750. The molecule has 90 valence electrons. The van der Waals surface area contributed by atoms with Crippen molar-refractivity contribution < 1.29 is 4.21 Å². The highest BCUT2D eigenvalue weighted by molar-refractivity contribution is 7.84. The van der Waals surface area contributed by atoms with Crippen molar-refractivity contribution in [3.05, 3.63) is 12.2 Å². The SMILES string of the molecule is CCCn1ncnc1CS(=O)CC1CNC1. The van der Waals surface area contributed by atoms with Crippen molar-refractivity contribution in [1.82, 2.24) is 20.1 Å². The summed E-state index contributed by atoms with van der Waals surface area (Å²) in [6.07, 6.45) is 2.57. The smallest absolute Gasteiger partial charge is 0.139 e.